The van der Waals surface area contributed by atoms with Crippen molar-refractivity contribution in [2.45, 2.75) is 0 Å². The van der Waals surface area contributed by atoms with Crippen LogP contribution < -0.4 is 0 Å². The second-order valence-electron chi connectivity index (χ2n) is 0.793. The quantitative estimate of drug-likeness (QED) is 0.495. The van der Waals surface area contributed by atoms with Crippen LogP contribution in [0, 0.1) is 0 Å². The predicted octanol–water partition coefficient (Wildman–Crippen LogP) is -0.0483. The summed E-state index contributed by atoms with van der Waals surface area (Å²) >= 11 is -0.545. The molecule has 0 aromatic rings. The van der Waals surface area contributed by atoms with Crippen molar-refractivity contribution in [3.05, 3.63) is 12.3 Å². The first kappa shape index (κ1) is 3.47. The second kappa shape index (κ2) is 1.65. The Kier molecular flexibility index (Phi) is 1.15. The van der Waals surface area contributed by atoms with E-state index in [1.807, 2.05) is 6.08 Å². The van der Waals surface area contributed by atoms with E-state index in [1.54, 1.807) is 6.26 Å². The zero-order valence-electron chi connectivity index (χ0n) is 2.72. The molecule has 1 nitrogen and oxygen atoms in total. The summed E-state index contributed by atoms with van der Waals surface area (Å²) in [7, 11) is 0. The van der Waals surface area contributed by atoms with Gasteiger partial charge in [-0.3, -0.25) is 0 Å². The summed E-state index contributed by atoms with van der Waals surface area (Å²) in [4.78, 5) is 0. The second-order valence-corrected chi connectivity index (χ2v) is 3.45. The molecule has 0 bridgehead atoms. The van der Waals surface area contributed by atoms with Gasteiger partial charge < -0.3 is 0 Å². The normalized spacial score (nSPS) is 14.4. The monoisotopic (exact) mass is 170 g/mol. The molecule has 0 atom stereocenters. The van der Waals surface area contributed by atoms with Gasteiger partial charge in [0, 0.05) is 0 Å². The summed E-state index contributed by atoms with van der Waals surface area (Å²) in [5.74, 6) is 0. The van der Waals surface area contributed by atoms with Gasteiger partial charge in [0.25, 0.3) is 0 Å². The van der Waals surface area contributed by atoms with Gasteiger partial charge in [-0.25, -0.2) is 0 Å². The number of hydrogen-bond donors (Lipinski definition) is 0. The minimum atomic E-state index is -0.545. The first-order chi connectivity index (χ1) is 2.50. The van der Waals surface area contributed by atoms with Crippen molar-refractivity contribution in [1.82, 2.24) is 0 Å². The molecule has 2 heteroatoms. The van der Waals surface area contributed by atoms with Crippen LogP contribution >= 0.6 is 0 Å². The van der Waals surface area contributed by atoms with Crippen LogP contribution in [0.2, 0.25) is 0 Å². The Morgan fingerprint density at radius 2 is 2.60 bits per heavy atom. The van der Waals surface area contributed by atoms with Gasteiger partial charge in [-0.1, -0.05) is 0 Å². The Morgan fingerprint density at radius 1 is 1.60 bits per heavy atom. The summed E-state index contributed by atoms with van der Waals surface area (Å²) in [6, 6.07) is 0. The van der Waals surface area contributed by atoms with Crippen LogP contribution in [-0.2, 0) is 2.85 Å². The molecule has 0 unspecified atom stereocenters. The molecule has 0 saturated carbocycles. The van der Waals surface area contributed by atoms with E-state index in [0.29, 0.717) is 0 Å². The van der Waals surface area contributed by atoms with E-state index in [1.165, 1.54) is 0 Å². The Labute approximate surface area is 42.1 Å². The Morgan fingerprint density at radius 3 is 2.80 bits per heavy atom. The minimum absolute atomic E-state index is 0.545. The van der Waals surface area contributed by atoms with Crippen molar-refractivity contribution in [3.8, 4) is 0 Å². The molecule has 1 aliphatic heterocycles. The summed E-state index contributed by atoms with van der Waals surface area (Å²) in [6.45, 7) is 0. The van der Waals surface area contributed by atoms with Crippen molar-refractivity contribution < 1.29 is 2.85 Å². The molecule has 1 heterocycles. The fourth-order valence-electron chi connectivity index (χ4n) is 0.227. The van der Waals surface area contributed by atoms with Crippen molar-refractivity contribution in [1.29, 1.82) is 0 Å². The van der Waals surface area contributed by atoms with E-state index < -0.39 is 22.9 Å². The molecular formula is C3H3InO. The fraction of sp³-hybridized carbons (Fsp3) is 0. The van der Waals surface area contributed by atoms with E-state index in [9.17, 15) is 0 Å². The first-order valence-corrected chi connectivity index (χ1v) is 4.72. The zero-order valence-corrected chi connectivity index (χ0v) is 6.01. The third kappa shape index (κ3) is 0.798. The molecule has 0 N–H and O–H groups in total. The summed E-state index contributed by atoms with van der Waals surface area (Å²) < 4.78 is 7.05. The van der Waals surface area contributed by atoms with Crippen LogP contribution in [0.25, 0.3) is 0 Å². The van der Waals surface area contributed by atoms with Gasteiger partial charge in [-0.2, -0.15) is 0 Å². The van der Waals surface area contributed by atoms with E-state index in [2.05, 4.69) is 3.76 Å². The van der Waals surface area contributed by atoms with Crippen molar-refractivity contribution in [2.75, 3.05) is 0 Å². The molecule has 0 radical (unpaired) electrons. The molecule has 1 rings (SSSR count). The summed E-state index contributed by atoms with van der Waals surface area (Å²) in [6.07, 6.45) is 3.74. The molecular weight excluding hydrogens is 167 g/mol. The molecule has 5 heavy (non-hydrogen) atoms. The van der Waals surface area contributed by atoms with Gasteiger partial charge in [0.1, 0.15) is 0 Å². The average molecular weight is 170 g/mol. The van der Waals surface area contributed by atoms with Crippen molar-refractivity contribution in [3.63, 3.8) is 0 Å². The van der Waals surface area contributed by atoms with E-state index in [-0.39, 0.29) is 0 Å². The maximum atomic E-state index is 4.90. The molecule has 0 saturated heterocycles. The van der Waals surface area contributed by atoms with Crippen LogP contribution in [0.1, 0.15) is 0 Å². The Bertz CT molecular complexity index is 65.0. The molecule has 1 aliphatic rings. The molecule has 24 valence electrons. The van der Waals surface area contributed by atoms with Crippen molar-refractivity contribution in [2.24, 2.45) is 0 Å². The van der Waals surface area contributed by atoms with Crippen LogP contribution in [0.4, 0.5) is 0 Å². The van der Waals surface area contributed by atoms with Gasteiger partial charge in [0.05, 0.1) is 0 Å². The number of rotatable bonds is 0. The van der Waals surface area contributed by atoms with E-state index >= 15 is 0 Å². The van der Waals surface area contributed by atoms with Gasteiger partial charge in [0.2, 0.25) is 0 Å². The molecule has 0 fully saturated rings. The van der Waals surface area contributed by atoms with Crippen LogP contribution in [0.3, 0.4) is 0 Å². The fourth-order valence-corrected chi connectivity index (χ4v) is 1.52. The Hall–Kier alpha value is 0.280. The average Bonchev–Trinajstić information content (AvgIpc) is 1.76. The zero-order chi connectivity index (χ0) is 3.54. The maximum absolute atomic E-state index is 4.90. The Balaban J connectivity index is 2.61. The van der Waals surface area contributed by atoms with Gasteiger partial charge in [0.15, 0.2) is 0 Å². The van der Waals surface area contributed by atoms with E-state index in [4.69, 9.17) is 2.85 Å². The first-order valence-electron chi connectivity index (χ1n) is 1.47. The van der Waals surface area contributed by atoms with Gasteiger partial charge in [-0.15, -0.1) is 0 Å². The SMILES string of the molecule is C1=C[O][In]=[CH]1. The molecule has 0 aromatic carbocycles. The third-order valence-electron chi connectivity index (χ3n) is 0.425. The molecule has 0 aliphatic carbocycles. The number of hydrogen-bond acceptors (Lipinski definition) is 1. The van der Waals surface area contributed by atoms with Crippen LogP contribution in [0.5, 0.6) is 0 Å². The number of allylic oxidation sites excluding steroid dienone is 1. The van der Waals surface area contributed by atoms with Crippen LogP contribution in [0.15, 0.2) is 12.3 Å². The van der Waals surface area contributed by atoms with E-state index in [0.717, 1.165) is 0 Å². The van der Waals surface area contributed by atoms with Gasteiger partial charge in [-0.05, 0) is 0 Å². The predicted molar refractivity (Wildman–Crippen MR) is 22.0 cm³/mol. The van der Waals surface area contributed by atoms with Crippen molar-refractivity contribution >= 4 is 26.6 Å². The molecule has 0 amide bonds. The standard InChI is InChI=1S/C3H4O.In/c1-2-3-4;/h1-4H;/q;+1/p-1. The van der Waals surface area contributed by atoms with Gasteiger partial charge >= 0.3 is 41.8 Å². The topological polar surface area (TPSA) is 9.23 Å². The molecule has 0 spiro atoms. The molecule has 0 aromatic heterocycles. The van der Waals surface area contributed by atoms with Crippen LogP contribution in [-0.4, -0.2) is 26.6 Å². The summed E-state index contributed by atoms with van der Waals surface area (Å²) in [5, 5.41) is 0. The third-order valence-corrected chi connectivity index (χ3v) is 2.41. The summed E-state index contributed by atoms with van der Waals surface area (Å²) in [5.41, 5.74) is 0.